The van der Waals surface area contributed by atoms with E-state index < -0.39 is 18.0 Å². The number of methoxy groups -OCH3 is 1. The second-order valence-electron chi connectivity index (χ2n) is 4.97. The van der Waals surface area contributed by atoms with Gasteiger partial charge in [-0.15, -0.1) is 0 Å². The number of hydrogen-bond acceptors (Lipinski definition) is 3. The van der Waals surface area contributed by atoms with Crippen molar-refractivity contribution in [2.45, 2.75) is 26.3 Å². The van der Waals surface area contributed by atoms with E-state index in [0.29, 0.717) is 22.9 Å². The molecule has 0 heterocycles. The first-order chi connectivity index (χ1) is 9.83. The van der Waals surface area contributed by atoms with Crippen molar-refractivity contribution in [2.75, 3.05) is 12.4 Å². The van der Waals surface area contributed by atoms with Crippen LogP contribution >= 0.6 is 11.6 Å². The lowest BCUT2D eigenvalue weighted by molar-refractivity contribution is -0.139. The van der Waals surface area contributed by atoms with Crippen molar-refractivity contribution >= 4 is 29.3 Å². The van der Waals surface area contributed by atoms with Gasteiger partial charge in [0, 0.05) is 5.69 Å². The average molecular weight is 315 g/mol. The number of carboxylic acid groups (broad SMARTS) is 1. The number of rotatable bonds is 6. The van der Waals surface area contributed by atoms with Gasteiger partial charge in [0.25, 0.3) is 0 Å². The summed E-state index contributed by atoms with van der Waals surface area (Å²) in [6.07, 6.45) is 0.353. The maximum Gasteiger partial charge on any atom is 0.326 e. The number of carboxylic acids is 1. The summed E-state index contributed by atoms with van der Waals surface area (Å²) in [4.78, 5) is 22.9. The Morgan fingerprint density at radius 3 is 2.52 bits per heavy atom. The molecule has 0 radical (unpaired) electrons. The molecule has 0 spiro atoms. The molecule has 0 fully saturated rings. The Morgan fingerprint density at radius 2 is 2.05 bits per heavy atom. The third-order valence-corrected chi connectivity index (χ3v) is 3.02. The predicted molar refractivity (Wildman–Crippen MR) is 81.0 cm³/mol. The first-order valence-corrected chi connectivity index (χ1v) is 6.85. The minimum absolute atomic E-state index is 0.154. The standard InChI is InChI=1S/C14H19ClN2O4/c1-8(2)6-11(13(18)19)17-14(20)16-9-4-5-12(21-3)10(15)7-9/h4-5,7-8,11H,6H2,1-3H3,(H,18,19)(H2,16,17,20). The van der Waals surface area contributed by atoms with Crippen LogP contribution in [0.3, 0.4) is 0 Å². The number of carbonyl (C=O) groups is 2. The van der Waals surface area contributed by atoms with Crippen LogP contribution in [-0.4, -0.2) is 30.3 Å². The van der Waals surface area contributed by atoms with Crippen molar-refractivity contribution in [2.24, 2.45) is 5.92 Å². The molecule has 1 unspecified atom stereocenters. The molecule has 1 aromatic carbocycles. The number of urea groups is 1. The lowest BCUT2D eigenvalue weighted by Crippen LogP contribution is -2.43. The fourth-order valence-corrected chi connectivity index (χ4v) is 2.02. The predicted octanol–water partition coefficient (Wildman–Crippen LogP) is 2.97. The van der Waals surface area contributed by atoms with Crippen LogP contribution in [0.5, 0.6) is 5.75 Å². The van der Waals surface area contributed by atoms with E-state index in [1.165, 1.54) is 13.2 Å². The highest BCUT2D eigenvalue weighted by Crippen LogP contribution is 2.27. The van der Waals surface area contributed by atoms with E-state index in [0.717, 1.165) is 0 Å². The Hall–Kier alpha value is -1.95. The zero-order chi connectivity index (χ0) is 16.0. The minimum Gasteiger partial charge on any atom is -0.495 e. The molecule has 1 aromatic rings. The molecule has 0 saturated heterocycles. The zero-order valence-corrected chi connectivity index (χ0v) is 12.9. The number of amides is 2. The Balaban J connectivity index is 2.67. The van der Waals surface area contributed by atoms with Crippen molar-refractivity contribution in [1.29, 1.82) is 0 Å². The third kappa shape index (κ3) is 5.51. The number of halogens is 1. The number of anilines is 1. The molecular formula is C14H19ClN2O4. The molecule has 21 heavy (non-hydrogen) atoms. The van der Waals surface area contributed by atoms with Gasteiger partial charge in [-0.2, -0.15) is 0 Å². The van der Waals surface area contributed by atoms with Crippen molar-refractivity contribution in [3.05, 3.63) is 23.2 Å². The average Bonchev–Trinajstić information content (AvgIpc) is 2.37. The Labute approximate surface area is 128 Å². The van der Waals surface area contributed by atoms with Crippen molar-refractivity contribution in [3.63, 3.8) is 0 Å². The smallest absolute Gasteiger partial charge is 0.326 e. The van der Waals surface area contributed by atoms with E-state index in [-0.39, 0.29) is 5.92 Å². The lowest BCUT2D eigenvalue weighted by atomic mass is 10.0. The normalized spacial score (nSPS) is 11.9. The summed E-state index contributed by atoms with van der Waals surface area (Å²) < 4.78 is 5.01. The van der Waals surface area contributed by atoms with Crippen molar-refractivity contribution in [3.8, 4) is 5.75 Å². The summed E-state index contributed by atoms with van der Waals surface area (Å²) in [5.74, 6) is -0.417. The van der Waals surface area contributed by atoms with Gasteiger partial charge in [0.05, 0.1) is 12.1 Å². The van der Waals surface area contributed by atoms with Crippen LogP contribution in [0.4, 0.5) is 10.5 Å². The Morgan fingerprint density at radius 1 is 1.38 bits per heavy atom. The van der Waals surface area contributed by atoms with E-state index >= 15 is 0 Å². The van der Waals surface area contributed by atoms with Gasteiger partial charge < -0.3 is 20.5 Å². The second-order valence-corrected chi connectivity index (χ2v) is 5.38. The minimum atomic E-state index is -1.06. The first-order valence-electron chi connectivity index (χ1n) is 6.47. The molecule has 1 atom stereocenters. The summed E-state index contributed by atoms with van der Waals surface area (Å²) in [7, 11) is 1.49. The quantitative estimate of drug-likeness (QED) is 0.753. The number of benzene rings is 1. The van der Waals surface area contributed by atoms with Gasteiger partial charge in [0.1, 0.15) is 11.8 Å². The first kappa shape index (κ1) is 17.1. The molecule has 0 aliphatic carbocycles. The molecule has 1 rings (SSSR count). The van der Waals surface area contributed by atoms with Gasteiger partial charge in [-0.3, -0.25) is 0 Å². The molecule has 0 aromatic heterocycles. The Kier molecular flexibility index (Phi) is 6.30. The van der Waals surface area contributed by atoms with E-state index in [2.05, 4.69) is 10.6 Å². The summed E-state index contributed by atoms with van der Waals surface area (Å²) in [6.45, 7) is 3.78. The van der Waals surface area contributed by atoms with Gasteiger partial charge in [0.2, 0.25) is 0 Å². The lowest BCUT2D eigenvalue weighted by Gasteiger charge is -2.17. The molecular weight excluding hydrogens is 296 g/mol. The molecule has 0 aliphatic heterocycles. The third-order valence-electron chi connectivity index (χ3n) is 2.72. The number of aliphatic carboxylic acids is 1. The summed E-state index contributed by atoms with van der Waals surface area (Å²) in [6, 6.07) is 3.23. The van der Waals surface area contributed by atoms with Gasteiger partial charge in [-0.05, 0) is 30.5 Å². The van der Waals surface area contributed by atoms with Crippen LogP contribution in [0, 0.1) is 5.92 Å². The maximum atomic E-state index is 11.8. The molecule has 0 saturated carbocycles. The van der Waals surface area contributed by atoms with Gasteiger partial charge in [-0.25, -0.2) is 9.59 Å². The van der Waals surface area contributed by atoms with Crippen LogP contribution in [0.1, 0.15) is 20.3 Å². The van der Waals surface area contributed by atoms with Gasteiger partial charge in [0.15, 0.2) is 0 Å². The second kappa shape index (κ2) is 7.73. The maximum absolute atomic E-state index is 11.8. The van der Waals surface area contributed by atoms with Crippen molar-refractivity contribution in [1.82, 2.24) is 5.32 Å². The molecule has 6 nitrogen and oxygen atoms in total. The molecule has 116 valence electrons. The van der Waals surface area contributed by atoms with Crippen LogP contribution in [0.2, 0.25) is 5.02 Å². The highest BCUT2D eigenvalue weighted by atomic mass is 35.5. The van der Waals surface area contributed by atoms with E-state index in [1.54, 1.807) is 12.1 Å². The SMILES string of the molecule is COc1ccc(NC(=O)NC(CC(C)C)C(=O)O)cc1Cl. The Bertz CT molecular complexity index is 520. The largest absolute Gasteiger partial charge is 0.495 e. The number of hydrogen-bond donors (Lipinski definition) is 3. The van der Waals surface area contributed by atoms with Crippen LogP contribution in [0.15, 0.2) is 18.2 Å². The summed E-state index contributed by atoms with van der Waals surface area (Å²) in [5, 5.41) is 14.4. The fraction of sp³-hybridized carbons (Fsp3) is 0.429. The number of ether oxygens (including phenoxy) is 1. The van der Waals surface area contributed by atoms with Gasteiger partial charge >= 0.3 is 12.0 Å². The highest BCUT2D eigenvalue weighted by molar-refractivity contribution is 6.32. The molecule has 0 bridgehead atoms. The van der Waals surface area contributed by atoms with E-state index in [9.17, 15) is 9.59 Å². The van der Waals surface area contributed by atoms with Gasteiger partial charge in [-0.1, -0.05) is 25.4 Å². The topological polar surface area (TPSA) is 87.7 Å². The summed E-state index contributed by atoms with van der Waals surface area (Å²) >= 11 is 5.95. The van der Waals surface area contributed by atoms with Crippen LogP contribution < -0.4 is 15.4 Å². The molecule has 2 amide bonds. The zero-order valence-electron chi connectivity index (χ0n) is 12.1. The van der Waals surface area contributed by atoms with Crippen molar-refractivity contribution < 1.29 is 19.4 Å². The molecule has 3 N–H and O–H groups in total. The van der Waals surface area contributed by atoms with E-state index in [4.69, 9.17) is 21.4 Å². The van der Waals surface area contributed by atoms with Crippen LogP contribution in [-0.2, 0) is 4.79 Å². The summed E-state index contributed by atoms with van der Waals surface area (Å²) in [5.41, 5.74) is 0.451. The fourth-order valence-electron chi connectivity index (χ4n) is 1.76. The molecule has 7 heteroatoms. The monoisotopic (exact) mass is 314 g/mol. The van der Waals surface area contributed by atoms with E-state index in [1.807, 2.05) is 13.8 Å². The highest BCUT2D eigenvalue weighted by Gasteiger charge is 2.21. The number of nitrogens with one attached hydrogen (secondary N) is 2. The molecule has 0 aliphatic rings. The number of carbonyl (C=O) groups excluding carboxylic acids is 1. The van der Waals surface area contributed by atoms with Crippen LogP contribution in [0.25, 0.3) is 0 Å².